The lowest BCUT2D eigenvalue weighted by Crippen LogP contribution is -2.21. The Morgan fingerprint density at radius 3 is 2.18 bits per heavy atom. The Morgan fingerprint density at radius 2 is 1.91 bits per heavy atom. The first-order chi connectivity index (χ1) is 4.81. The van der Waals surface area contributed by atoms with Crippen LogP contribution in [0.2, 0.25) is 0 Å². The summed E-state index contributed by atoms with van der Waals surface area (Å²) in [6.07, 6.45) is -8.69. The Bertz CT molecular complexity index is 142. The van der Waals surface area contributed by atoms with E-state index in [1.807, 2.05) is 0 Å². The average molecular weight is 172 g/mol. The number of alkyl halides is 3. The molecule has 3 nitrogen and oxygen atoms in total. The second-order valence-electron chi connectivity index (χ2n) is 2.07. The number of aliphatic hydroxyl groups is 1. The maximum absolute atomic E-state index is 11.4. The number of hydrogen-bond donors (Lipinski definition) is 2. The van der Waals surface area contributed by atoms with Crippen molar-refractivity contribution in [2.75, 3.05) is 0 Å². The Labute approximate surface area is 60.4 Å². The third kappa shape index (κ3) is 7.11. The predicted molar refractivity (Wildman–Crippen MR) is 28.9 cm³/mol. The molecule has 0 saturated heterocycles. The van der Waals surface area contributed by atoms with Crippen molar-refractivity contribution in [2.45, 2.75) is 25.1 Å². The monoisotopic (exact) mass is 172 g/mol. The van der Waals surface area contributed by atoms with Gasteiger partial charge in [0, 0.05) is 0 Å². The van der Waals surface area contributed by atoms with E-state index >= 15 is 0 Å². The number of carboxylic acid groups (broad SMARTS) is 1. The summed E-state index contributed by atoms with van der Waals surface area (Å²) in [4.78, 5) is 9.77. The van der Waals surface area contributed by atoms with Crippen molar-refractivity contribution in [1.29, 1.82) is 0 Å². The molecule has 0 aliphatic carbocycles. The van der Waals surface area contributed by atoms with Crippen molar-refractivity contribution in [3.8, 4) is 0 Å². The van der Waals surface area contributed by atoms with E-state index in [1.54, 1.807) is 0 Å². The van der Waals surface area contributed by atoms with Gasteiger partial charge in [-0.05, 0) is 0 Å². The first-order valence-corrected chi connectivity index (χ1v) is 2.78. The van der Waals surface area contributed by atoms with Crippen LogP contribution in [-0.4, -0.2) is 28.5 Å². The molecule has 0 heterocycles. The van der Waals surface area contributed by atoms with Gasteiger partial charge in [0.2, 0.25) is 0 Å². The van der Waals surface area contributed by atoms with Crippen LogP contribution in [0.4, 0.5) is 13.2 Å². The summed E-state index contributed by atoms with van der Waals surface area (Å²) in [6, 6.07) is 0. The first-order valence-electron chi connectivity index (χ1n) is 2.78. The summed E-state index contributed by atoms with van der Waals surface area (Å²) < 4.78 is 34.2. The Balaban J connectivity index is 3.69. The topological polar surface area (TPSA) is 57.5 Å². The SMILES string of the molecule is O=C(O)C[C@@H](O)CC(F)(F)F. The van der Waals surface area contributed by atoms with Crippen molar-refractivity contribution in [3.05, 3.63) is 0 Å². The highest BCUT2D eigenvalue weighted by atomic mass is 19.4. The van der Waals surface area contributed by atoms with Gasteiger partial charge in [0.05, 0.1) is 18.9 Å². The highest BCUT2D eigenvalue weighted by Gasteiger charge is 2.31. The van der Waals surface area contributed by atoms with E-state index in [4.69, 9.17) is 10.2 Å². The number of rotatable bonds is 3. The Kier molecular flexibility index (Phi) is 3.31. The van der Waals surface area contributed by atoms with Gasteiger partial charge in [-0.3, -0.25) is 4.79 Å². The maximum atomic E-state index is 11.4. The van der Waals surface area contributed by atoms with Gasteiger partial charge in [-0.25, -0.2) is 0 Å². The second-order valence-corrected chi connectivity index (χ2v) is 2.07. The van der Waals surface area contributed by atoms with Gasteiger partial charge in [-0.1, -0.05) is 0 Å². The standard InChI is InChI=1S/C5H7F3O3/c6-5(7,8)2-3(9)1-4(10)11/h3,9H,1-2H2,(H,10,11)/t3-/m1/s1. The Morgan fingerprint density at radius 1 is 1.45 bits per heavy atom. The van der Waals surface area contributed by atoms with Crippen molar-refractivity contribution < 1.29 is 28.2 Å². The van der Waals surface area contributed by atoms with Crippen LogP contribution in [0.15, 0.2) is 0 Å². The van der Waals surface area contributed by atoms with Crippen LogP contribution >= 0.6 is 0 Å². The zero-order chi connectivity index (χ0) is 9.07. The van der Waals surface area contributed by atoms with Gasteiger partial charge in [0.15, 0.2) is 0 Å². The molecule has 0 spiro atoms. The third-order valence-corrected chi connectivity index (χ3v) is 0.877. The normalized spacial score (nSPS) is 14.5. The molecule has 0 aliphatic heterocycles. The van der Waals surface area contributed by atoms with Gasteiger partial charge in [0.1, 0.15) is 0 Å². The van der Waals surface area contributed by atoms with Crippen LogP contribution in [0, 0.1) is 0 Å². The fourth-order valence-corrected chi connectivity index (χ4v) is 0.541. The summed E-state index contributed by atoms with van der Waals surface area (Å²) in [5.74, 6) is -1.44. The lowest BCUT2D eigenvalue weighted by Gasteiger charge is -2.09. The molecule has 0 aromatic carbocycles. The highest BCUT2D eigenvalue weighted by Crippen LogP contribution is 2.22. The summed E-state index contributed by atoms with van der Waals surface area (Å²) in [6.45, 7) is 0. The molecule has 0 aromatic rings. The van der Waals surface area contributed by atoms with Crippen molar-refractivity contribution in [2.24, 2.45) is 0 Å². The largest absolute Gasteiger partial charge is 0.481 e. The predicted octanol–water partition coefficient (Wildman–Crippen LogP) is 0.774. The van der Waals surface area contributed by atoms with E-state index in [9.17, 15) is 18.0 Å². The molecule has 0 saturated carbocycles. The van der Waals surface area contributed by atoms with Crippen LogP contribution in [0.25, 0.3) is 0 Å². The number of carbonyl (C=O) groups is 1. The molecule has 11 heavy (non-hydrogen) atoms. The fourth-order valence-electron chi connectivity index (χ4n) is 0.541. The van der Waals surface area contributed by atoms with Gasteiger partial charge >= 0.3 is 12.1 Å². The molecule has 0 amide bonds. The summed E-state index contributed by atoms with van der Waals surface area (Å²) >= 11 is 0. The maximum Gasteiger partial charge on any atom is 0.391 e. The van der Waals surface area contributed by atoms with E-state index < -0.39 is 31.1 Å². The molecule has 66 valence electrons. The van der Waals surface area contributed by atoms with E-state index in [-0.39, 0.29) is 0 Å². The minimum absolute atomic E-state index is 0.875. The van der Waals surface area contributed by atoms with Crippen LogP contribution in [0.5, 0.6) is 0 Å². The molecule has 0 aliphatic rings. The van der Waals surface area contributed by atoms with Gasteiger partial charge in [-0.15, -0.1) is 0 Å². The van der Waals surface area contributed by atoms with Gasteiger partial charge in [0.25, 0.3) is 0 Å². The number of halogens is 3. The molecule has 0 aromatic heterocycles. The van der Waals surface area contributed by atoms with Gasteiger partial charge < -0.3 is 10.2 Å². The highest BCUT2D eigenvalue weighted by molar-refractivity contribution is 5.67. The molecular weight excluding hydrogens is 165 g/mol. The zero-order valence-electron chi connectivity index (χ0n) is 5.43. The smallest absolute Gasteiger partial charge is 0.391 e. The number of carboxylic acids is 1. The molecular formula is C5H7F3O3. The minimum Gasteiger partial charge on any atom is -0.481 e. The third-order valence-electron chi connectivity index (χ3n) is 0.877. The van der Waals surface area contributed by atoms with Crippen LogP contribution in [-0.2, 0) is 4.79 Å². The summed E-state index contributed by atoms with van der Waals surface area (Å²) in [5.41, 5.74) is 0. The van der Waals surface area contributed by atoms with Crippen LogP contribution in [0.1, 0.15) is 12.8 Å². The molecule has 0 fully saturated rings. The van der Waals surface area contributed by atoms with Crippen molar-refractivity contribution in [1.82, 2.24) is 0 Å². The van der Waals surface area contributed by atoms with Crippen molar-refractivity contribution >= 4 is 5.97 Å². The lowest BCUT2D eigenvalue weighted by molar-refractivity contribution is -0.159. The number of aliphatic hydroxyl groups excluding tert-OH is 1. The molecule has 1 atom stereocenters. The summed E-state index contributed by atoms with van der Waals surface area (Å²) in [7, 11) is 0. The number of hydrogen-bond acceptors (Lipinski definition) is 2. The Hall–Kier alpha value is -0.780. The minimum atomic E-state index is -4.51. The molecule has 2 N–H and O–H groups in total. The van der Waals surface area contributed by atoms with Crippen molar-refractivity contribution in [3.63, 3.8) is 0 Å². The quantitative estimate of drug-likeness (QED) is 0.661. The van der Waals surface area contributed by atoms with E-state index in [0.717, 1.165) is 0 Å². The molecule has 0 radical (unpaired) electrons. The molecule has 0 rings (SSSR count). The molecule has 0 bridgehead atoms. The van der Waals surface area contributed by atoms with Crippen LogP contribution in [0.3, 0.4) is 0 Å². The molecule has 6 heteroatoms. The first kappa shape index (κ1) is 10.2. The van der Waals surface area contributed by atoms with Crippen LogP contribution < -0.4 is 0 Å². The van der Waals surface area contributed by atoms with E-state index in [2.05, 4.69) is 0 Å². The lowest BCUT2D eigenvalue weighted by atomic mass is 10.2. The zero-order valence-corrected chi connectivity index (χ0v) is 5.43. The number of aliphatic carboxylic acids is 1. The second kappa shape index (κ2) is 3.56. The van der Waals surface area contributed by atoms with E-state index in [0.29, 0.717) is 0 Å². The summed E-state index contributed by atoms with van der Waals surface area (Å²) in [5, 5.41) is 16.4. The van der Waals surface area contributed by atoms with E-state index in [1.165, 1.54) is 0 Å². The fraction of sp³-hybridized carbons (Fsp3) is 0.800. The van der Waals surface area contributed by atoms with Gasteiger partial charge in [-0.2, -0.15) is 13.2 Å². The molecule has 0 unspecified atom stereocenters. The average Bonchev–Trinajstić information content (AvgIpc) is 1.53.